The number of hydrogen-bond donors (Lipinski definition) is 1. The minimum Gasteiger partial charge on any atom is -0.347 e. The molecule has 0 saturated heterocycles. The molecule has 1 heterocycles. The van der Waals surface area contributed by atoms with E-state index in [1.54, 1.807) is 4.90 Å². The molecule has 0 unspecified atom stereocenters. The number of rotatable bonds is 8. The standard InChI is InChI=1S/C22H25N5O2/c1-3-26(4-2)21(28)16-27-15-20(24-25-27)22(29)23-14-17-9-8-12-19(13-17)18-10-6-5-7-11-18/h5-13,15H,3-4,14,16H2,1-2H3,(H,23,29). The Bertz CT molecular complexity index is 964. The van der Waals surface area contributed by atoms with Crippen LogP contribution in [0, 0.1) is 0 Å². The number of nitrogens with one attached hydrogen (secondary N) is 1. The Morgan fingerprint density at radius 1 is 1.00 bits per heavy atom. The summed E-state index contributed by atoms with van der Waals surface area (Å²) in [6, 6.07) is 18.1. The van der Waals surface area contributed by atoms with Gasteiger partial charge in [-0.1, -0.05) is 53.7 Å². The van der Waals surface area contributed by atoms with Gasteiger partial charge in [-0.2, -0.15) is 0 Å². The molecule has 0 radical (unpaired) electrons. The van der Waals surface area contributed by atoms with E-state index in [0.717, 1.165) is 16.7 Å². The maximum atomic E-state index is 12.4. The lowest BCUT2D eigenvalue weighted by Crippen LogP contribution is -2.33. The fraction of sp³-hybridized carbons (Fsp3) is 0.273. The molecule has 0 aliphatic heterocycles. The number of nitrogens with zero attached hydrogens (tertiary/aromatic N) is 4. The quantitative estimate of drug-likeness (QED) is 0.640. The smallest absolute Gasteiger partial charge is 0.273 e. The van der Waals surface area contributed by atoms with Gasteiger partial charge in [0.1, 0.15) is 6.54 Å². The first-order chi connectivity index (χ1) is 14.1. The van der Waals surface area contributed by atoms with Gasteiger partial charge in [0.2, 0.25) is 5.91 Å². The summed E-state index contributed by atoms with van der Waals surface area (Å²) in [6.07, 6.45) is 1.50. The van der Waals surface area contributed by atoms with Gasteiger partial charge in [-0.25, -0.2) is 4.68 Å². The normalized spacial score (nSPS) is 10.6. The van der Waals surface area contributed by atoms with Gasteiger partial charge in [0.25, 0.3) is 5.91 Å². The highest BCUT2D eigenvalue weighted by Crippen LogP contribution is 2.19. The summed E-state index contributed by atoms with van der Waals surface area (Å²) in [7, 11) is 0. The first-order valence-electron chi connectivity index (χ1n) is 9.71. The number of carbonyl (C=O) groups excluding carboxylic acids is 2. The first kappa shape index (κ1) is 20.3. The highest BCUT2D eigenvalue weighted by atomic mass is 16.2. The van der Waals surface area contributed by atoms with Crippen molar-refractivity contribution in [1.29, 1.82) is 0 Å². The monoisotopic (exact) mass is 391 g/mol. The van der Waals surface area contributed by atoms with Crippen molar-refractivity contribution in [3.8, 4) is 11.1 Å². The summed E-state index contributed by atoms with van der Waals surface area (Å²) < 4.78 is 1.39. The number of aromatic nitrogens is 3. The second-order valence-corrected chi connectivity index (χ2v) is 6.62. The van der Waals surface area contributed by atoms with Gasteiger partial charge >= 0.3 is 0 Å². The summed E-state index contributed by atoms with van der Waals surface area (Å²) in [4.78, 5) is 26.3. The van der Waals surface area contributed by atoms with Gasteiger partial charge in [0.05, 0.1) is 6.20 Å². The van der Waals surface area contributed by atoms with Crippen LogP contribution in [0.3, 0.4) is 0 Å². The van der Waals surface area contributed by atoms with Gasteiger partial charge in [0.15, 0.2) is 5.69 Å². The molecule has 0 fully saturated rings. The Kier molecular flexibility index (Phi) is 6.73. The van der Waals surface area contributed by atoms with Crippen LogP contribution < -0.4 is 5.32 Å². The topological polar surface area (TPSA) is 80.1 Å². The fourth-order valence-electron chi connectivity index (χ4n) is 3.06. The summed E-state index contributed by atoms with van der Waals surface area (Å²) >= 11 is 0. The summed E-state index contributed by atoms with van der Waals surface area (Å²) in [5, 5.41) is 10.6. The number of amides is 2. The van der Waals surface area contributed by atoms with Gasteiger partial charge in [-0.3, -0.25) is 9.59 Å². The summed E-state index contributed by atoms with van der Waals surface area (Å²) in [6.45, 7) is 5.58. The van der Waals surface area contributed by atoms with E-state index >= 15 is 0 Å². The Morgan fingerprint density at radius 2 is 1.72 bits per heavy atom. The first-order valence-corrected chi connectivity index (χ1v) is 9.71. The third-order valence-corrected chi connectivity index (χ3v) is 4.67. The van der Waals surface area contributed by atoms with Crippen LogP contribution in [-0.4, -0.2) is 44.8 Å². The van der Waals surface area contributed by atoms with E-state index in [4.69, 9.17) is 0 Å². The molecule has 0 saturated carbocycles. The van der Waals surface area contributed by atoms with Crippen LogP contribution in [0.4, 0.5) is 0 Å². The largest absolute Gasteiger partial charge is 0.347 e. The van der Waals surface area contributed by atoms with Crippen molar-refractivity contribution in [2.24, 2.45) is 0 Å². The molecule has 7 nitrogen and oxygen atoms in total. The van der Waals surface area contributed by atoms with E-state index in [1.165, 1.54) is 10.9 Å². The van der Waals surface area contributed by atoms with E-state index in [0.29, 0.717) is 19.6 Å². The zero-order chi connectivity index (χ0) is 20.6. The lowest BCUT2D eigenvalue weighted by molar-refractivity contribution is -0.131. The van der Waals surface area contributed by atoms with Gasteiger partial charge in [-0.15, -0.1) is 5.10 Å². The Morgan fingerprint density at radius 3 is 2.45 bits per heavy atom. The summed E-state index contributed by atoms with van der Waals surface area (Å²) in [5.74, 6) is -0.374. The molecule has 29 heavy (non-hydrogen) atoms. The van der Waals surface area contributed by atoms with E-state index in [2.05, 4.69) is 33.8 Å². The lowest BCUT2D eigenvalue weighted by atomic mass is 10.0. The molecule has 150 valence electrons. The molecule has 0 atom stereocenters. The van der Waals surface area contributed by atoms with Crippen LogP contribution in [0.5, 0.6) is 0 Å². The molecule has 0 spiro atoms. The second-order valence-electron chi connectivity index (χ2n) is 6.62. The molecular formula is C22H25N5O2. The molecule has 7 heteroatoms. The molecule has 2 aromatic carbocycles. The Hall–Kier alpha value is -3.48. The van der Waals surface area contributed by atoms with E-state index in [9.17, 15) is 9.59 Å². The van der Waals surface area contributed by atoms with Crippen molar-refractivity contribution in [3.63, 3.8) is 0 Å². The lowest BCUT2D eigenvalue weighted by Gasteiger charge is -2.17. The van der Waals surface area contributed by atoms with Crippen LogP contribution in [0.1, 0.15) is 29.9 Å². The molecule has 1 N–H and O–H groups in total. The zero-order valence-electron chi connectivity index (χ0n) is 16.7. The van der Waals surface area contributed by atoms with Crippen LogP contribution in [0.15, 0.2) is 60.8 Å². The van der Waals surface area contributed by atoms with Crippen LogP contribution in [0.2, 0.25) is 0 Å². The zero-order valence-corrected chi connectivity index (χ0v) is 16.7. The predicted molar refractivity (Wildman–Crippen MR) is 111 cm³/mol. The molecule has 2 amide bonds. The number of benzene rings is 2. The van der Waals surface area contributed by atoms with Gasteiger partial charge in [-0.05, 0) is 36.6 Å². The highest BCUT2D eigenvalue weighted by Gasteiger charge is 2.14. The van der Waals surface area contributed by atoms with E-state index in [1.807, 2.05) is 50.2 Å². The van der Waals surface area contributed by atoms with Crippen molar-refractivity contribution in [3.05, 3.63) is 72.1 Å². The molecule has 0 aliphatic carbocycles. The Labute approximate surface area is 170 Å². The number of hydrogen-bond acceptors (Lipinski definition) is 4. The average molecular weight is 391 g/mol. The Balaban J connectivity index is 1.59. The van der Waals surface area contributed by atoms with Crippen molar-refractivity contribution < 1.29 is 9.59 Å². The number of likely N-dealkylation sites (N-methyl/N-ethyl adjacent to an activating group) is 1. The van der Waals surface area contributed by atoms with E-state index < -0.39 is 0 Å². The van der Waals surface area contributed by atoms with Crippen molar-refractivity contribution >= 4 is 11.8 Å². The molecular weight excluding hydrogens is 366 g/mol. The van der Waals surface area contributed by atoms with Crippen LogP contribution in [0.25, 0.3) is 11.1 Å². The molecule has 0 bridgehead atoms. The third kappa shape index (κ3) is 5.28. The van der Waals surface area contributed by atoms with Gasteiger partial charge in [0, 0.05) is 19.6 Å². The molecule has 3 rings (SSSR count). The third-order valence-electron chi connectivity index (χ3n) is 4.67. The minimum atomic E-state index is -0.323. The van der Waals surface area contributed by atoms with Crippen molar-refractivity contribution in [1.82, 2.24) is 25.2 Å². The second kappa shape index (κ2) is 9.64. The van der Waals surface area contributed by atoms with Gasteiger partial charge < -0.3 is 10.2 Å². The number of carbonyl (C=O) groups is 2. The molecule has 3 aromatic rings. The summed E-state index contributed by atoms with van der Waals surface area (Å²) in [5.41, 5.74) is 3.40. The fourth-order valence-corrected chi connectivity index (χ4v) is 3.06. The van der Waals surface area contributed by atoms with Crippen molar-refractivity contribution in [2.45, 2.75) is 26.9 Å². The van der Waals surface area contributed by atoms with Crippen molar-refractivity contribution in [2.75, 3.05) is 13.1 Å². The maximum Gasteiger partial charge on any atom is 0.273 e. The minimum absolute atomic E-state index is 0.0513. The SMILES string of the molecule is CCN(CC)C(=O)Cn1cc(C(=O)NCc2cccc(-c3ccccc3)c2)nn1. The molecule has 0 aliphatic rings. The maximum absolute atomic E-state index is 12.4. The van der Waals surface area contributed by atoms with Crippen LogP contribution >= 0.6 is 0 Å². The van der Waals surface area contributed by atoms with Crippen LogP contribution in [-0.2, 0) is 17.9 Å². The highest BCUT2D eigenvalue weighted by molar-refractivity contribution is 5.91. The predicted octanol–water partition coefficient (Wildman–Crippen LogP) is 2.74. The van der Waals surface area contributed by atoms with E-state index in [-0.39, 0.29) is 24.1 Å². The molecule has 1 aromatic heterocycles. The average Bonchev–Trinajstić information content (AvgIpc) is 3.22.